The van der Waals surface area contributed by atoms with Gasteiger partial charge < -0.3 is 30.2 Å². The van der Waals surface area contributed by atoms with Crippen molar-refractivity contribution in [3.8, 4) is 17.2 Å². The number of anilines is 3. The molecule has 2 aromatic carbocycles. The summed E-state index contributed by atoms with van der Waals surface area (Å²) in [6.45, 7) is 0.850. The Morgan fingerprint density at radius 1 is 1.16 bits per heavy atom. The van der Waals surface area contributed by atoms with Gasteiger partial charge in [-0.25, -0.2) is 14.8 Å². The average molecular weight is 442 g/mol. The number of benzene rings is 2. The lowest BCUT2D eigenvalue weighted by Crippen LogP contribution is -2.30. The molecule has 3 aromatic rings. The molecule has 31 heavy (non-hydrogen) atoms. The van der Waals surface area contributed by atoms with Crippen LogP contribution in [0.25, 0.3) is 10.9 Å². The third kappa shape index (κ3) is 3.96. The number of hydrogen-bond acceptors (Lipinski definition) is 7. The highest BCUT2D eigenvalue weighted by Crippen LogP contribution is 2.47. The number of amides is 2. The van der Waals surface area contributed by atoms with Gasteiger partial charge in [0.05, 0.1) is 28.7 Å². The number of urea groups is 1. The molecule has 10 heteroatoms. The quantitative estimate of drug-likeness (QED) is 0.547. The molecule has 0 radical (unpaired) electrons. The first-order valence-electron chi connectivity index (χ1n) is 9.88. The fourth-order valence-electron chi connectivity index (χ4n) is 3.36. The van der Waals surface area contributed by atoms with Crippen LogP contribution in [0, 0.1) is 0 Å². The maximum absolute atomic E-state index is 12.0. The van der Waals surface area contributed by atoms with E-state index in [9.17, 15) is 4.79 Å². The fraction of sp³-hybridized carbons (Fsp3) is 0.286. The Bertz CT molecular complexity index is 1170. The number of fused-ring (bicyclic) bond motifs is 3. The van der Waals surface area contributed by atoms with Crippen molar-refractivity contribution in [2.75, 3.05) is 31.0 Å². The summed E-state index contributed by atoms with van der Waals surface area (Å²) >= 11 is 6.39. The van der Waals surface area contributed by atoms with E-state index < -0.39 is 0 Å². The summed E-state index contributed by atoms with van der Waals surface area (Å²) in [7, 11) is 1.57. The van der Waals surface area contributed by atoms with Gasteiger partial charge in [0.15, 0.2) is 11.5 Å². The summed E-state index contributed by atoms with van der Waals surface area (Å²) in [5, 5.41) is 9.97. The SMILES string of the molecule is COc1cc2ncnc(Nc3ccc(NC(=O)NC4CC4)c(Cl)c3)c2c2c1OCCO2. The van der Waals surface area contributed by atoms with Gasteiger partial charge in [0.25, 0.3) is 0 Å². The Kier molecular flexibility index (Phi) is 5.03. The van der Waals surface area contributed by atoms with Gasteiger partial charge in [-0.05, 0) is 31.0 Å². The first kappa shape index (κ1) is 19.5. The van der Waals surface area contributed by atoms with Crippen LogP contribution in [-0.4, -0.2) is 42.4 Å². The molecule has 1 aromatic heterocycles. The number of aromatic nitrogens is 2. The molecule has 1 saturated carbocycles. The monoisotopic (exact) mass is 441 g/mol. The van der Waals surface area contributed by atoms with E-state index in [2.05, 4.69) is 25.9 Å². The van der Waals surface area contributed by atoms with E-state index in [1.165, 1.54) is 6.33 Å². The van der Waals surface area contributed by atoms with Crippen molar-refractivity contribution < 1.29 is 19.0 Å². The Balaban J connectivity index is 1.45. The van der Waals surface area contributed by atoms with Gasteiger partial charge in [-0.2, -0.15) is 0 Å². The van der Waals surface area contributed by atoms with Gasteiger partial charge in [0.2, 0.25) is 5.75 Å². The molecule has 1 aliphatic carbocycles. The molecule has 0 bridgehead atoms. The van der Waals surface area contributed by atoms with E-state index in [-0.39, 0.29) is 12.1 Å². The minimum Gasteiger partial charge on any atom is -0.493 e. The maximum atomic E-state index is 12.0. The summed E-state index contributed by atoms with van der Waals surface area (Å²) in [5.74, 6) is 2.15. The van der Waals surface area contributed by atoms with E-state index in [1.54, 1.807) is 31.4 Å². The molecule has 1 aliphatic heterocycles. The number of methoxy groups -OCH3 is 1. The molecule has 1 fully saturated rings. The van der Waals surface area contributed by atoms with E-state index in [1.807, 2.05) is 0 Å². The van der Waals surface area contributed by atoms with Crippen LogP contribution in [0.5, 0.6) is 17.2 Å². The van der Waals surface area contributed by atoms with Gasteiger partial charge in [0, 0.05) is 17.8 Å². The van der Waals surface area contributed by atoms with E-state index in [0.29, 0.717) is 63.6 Å². The Labute approximate surface area is 183 Å². The molecule has 2 heterocycles. The number of rotatable bonds is 5. The second kappa shape index (κ2) is 7.99. The highest BCUT2D eigenvalue weighted by molar-refractivity contribution is 6.34. The van der Waals surface area contributed by atoms with Crippen molar-refractivity contribution >= 4 is 45.7 Å². The van der Waals surface area contributed by atoms with E-state index in [4.69, 9.17) is 25.8 Å². The number of nitrogens with one attached hydrogen (secondary N) is 3. The van der Waals surface area contributed by atoms with Gasteiger partial charge in [-0.15, -0.1) is 0 Å². The van der Waals surface area contributed by atoms with Crippen LogP contribution >= 0.6 is 11.6 Å². The minimum absolute atomic E-state index is 0.260. The summed E-state index contributed by atoms with van der Waals surface area (Å²) in [6.07, 6.45) is 3.49. The topological polar surface area (TPSA) is 107 Å². The van der Waals surface area contributed by atoms with Crippen LogP contribution in [0.2, 0.25) is 5.02 Å². The zero-order valence-electron chi connectivity index (χ0n) is 16.7. The summed E-state index contributed by atoms with van der Waals surface area (Å²) in [6, 6.07) is 7.05. The van der Waals surface area contributed by atoms with Crippen molar-refractivity contribution in [1.82, 2.24) is 15.3 Å². The maximum Gasteiger partial charge on any atom is 0.319 e. The molecule has 2 amide bonds. The Morgan fingerprint density at radius 3 is 2.71 bits per heavy atom. The third-order valence-corrected chi connectivity index (χ3v) is 5.30. The summed E-state index contributed by atoms with van der Waals surface area (Å²) in [4.78, 5) is 20.7. The highest BCUT2D eigenvalue weighted by Gasteiger charge is 2.25. The van der Waals surface area contributed by atoms with Crippen molar-refractivity contribution in [1.29, 1.82) is 0 Å². The number of carbonyl (C=O) groups excluding carboxylic acids is 1. The van der Waals surface area contributed by atoms with Crippen molar-refractivity contribution in [3.05, 3.63) is 35.6 Å². The first-order valence-corrected chi connectivity index (χ1v) is 10.3. The number of hydrogen-bond donors (Lipinski definition) is 3. The zero-order chi connectivity index (χ0) is 21.4. The van der Waals surface area contributed by atoms with E-state index in [0.717, 1.165) is 12.8 Å². The smallest absolute Gasteiger partial charge is 0.319 e. The lowest BCUT2D eigenvalue weighted by molar-refractivity contribution is 0.167. The van der Waals surface area contributed by atoms with Gasteiger partial charge >= 0.3 is 6.03 Å². The second-order valence-electron chi connectivity index (χ2n) is 7.24. The molecular formula is C21H20ClN5O4. The summed E-state index contributed by atoms with van der Waals surface area (Å²) < 4.78 is 17.1. The molecule has 9 nitrogen and oxygen atoms in total. The van der Waals surface area contributed by atoms with Crippen LogP contribution in [0.3, 0.4) is 0 Å². The molecule has 3 N–H and O–H groups in total. The highest BCUT2D eigenvalue weighted by atomic mass is 35.5. The van der Waals surface area contributed by atoms with Crippen molar-refractivity contribution in [3.63, 3.8) is 0 Å². The van der Waals surface area contributed by atoms with Crippen molar-refractivity contribution in [2.24, 2.45) is 0 Å². The number of halogens is 1. The number of nitrogens with zero attached hydrogens (tertiary/aromatic N) is 2. The molecule has 5 rings (SSSR count). The second-order valence-corrected chi connectivity index (χ2v) is 7.65. The van der Waals surface area contributed by atoms with Gasteiger partial charge in [-0.3, -0.25) is 0 Å². The Hall–Kier alpha value is -3.46. The van der Waals surface area contributed by atoms with Crippen LogP contribution in [0.1, 0.15) is 12.8 Å². The van der Waals surface area contributed by atoms with Crippen LogP contribution in [-0.2, 0) is 0 Å². The van der Waals surface area contributed by atoms with Gasteiger partial charge in [0.1, 0.15) is 25.4 Å². The number of ether oxygens (including phenoxy) is 3. The lowest BCUT2D eigenvalue weighted by atomic mass is 10.1. The molecule has 0 atom stereocenters. The summed E-state index contributed by atoms with van der Waals surface area (Å²) in [5.41, 5.74) is 1.87. The minimum atomic E-state index is -0.260. The molecule has 0 spiro atoms. The normalized spacial score (nSPS) is 14.8. The van der Waals surface area contributed by atoms with Gasteiger partial charge in [-0.1, -0.05) is 11.6 Å². The average Bonchev–Trinajstić information content (AvgIpc) is 3.59. The first-order chi connectivity index (χ1) is 15.1. The van der Waals surface area contributed by atoms with Crippen LogP contribution in [0.4, 0.5) is 22.0 Å². The molecule has 2 aliphatic rings. The van der Waals surface area contributed by atoms with Crippen molar-refractivity contribution in [2.45, 2.75) is 18.9 Å². The van der Waals surface area contributed by atoms with E-state index >= 15 is 0 Å². The molecule has 160 valence electrons. The third-order valence-electron chi connectivity index (χ3n) is 4.99. The standard InChI is InChI=1S/C21H20ClN5O4/c1-29-16-9-15-17(19-18(16)30-6-7-31-19)20(24-10-23-15)25-12-4-5-14(13(22)8-12)27-21(28)26-11-2-3-11/h4-5,8-11H,2-3,6-7H2,1H3,(H,23,24,25)(H2,26,27,28). The predicted molar refractivity (Wildman–Crippen MR) is 117 cm³/mol. The molecule has 0 saturated heterocycles. The largest absolute Gasteiger partial charge is 0.493 e. The lowest BCUT2D eigenvalue weighted by Gasteiger charge is -2.23. The predicted octanol–water partition coefficient (Wildman–Crippen LogP) is 4.09. The van der Waals surface area contributed by atoms with Crippen LogP contribution < -0.4 is 30.2 Å². The number of carbonyl (C=O) groups is 1. The Morgan fingerprint density at radius 2 is 1.97 bits per heavy atom. The fourth-order valence-corrected chi connectivity index (χ4v) is 3.59. The molecule has 0 unspecified atom stereocenters. The zero-order valence-corrected chi connectivity index (χ0v) is 17.5. The van der Waals surface area contributed by atoms with Crippen LogP contribution in [0.15, 0.2) is 30.6 Å². The molecular weight excluding hydrogens is 422 g/mol.